The predicted octanol–water partition coefficient (Wildman–Crippen LogP) is 7.30. The maximum absolute atomic E-state index is 12.6. The highest BCUT2D eigenvalue weighted by Crippen LogP contribution is 2.39. The van der Waals surface area contributed by atoms with Gasteiger partial charge in [0.15, 0.2) is 6.29 Å². The molecule has 0 saturated carbocycles. The van der Waals surface area contributed by atoms with Gasteiger partial charge < -0.3 is 35.8 Å². The molecule has 0 aliphatic carbocycles. The lowest BCUT2D eigenvalue weighted by Gasteiger charge is -2.37. The molecular formula is C42H50N4O5. The van der Waals surface area contributed by atoms with Gasteiger partial charge in [0, 0.05) is 44.5 Å². The fourth-order valence-electron chi connectivity index (χ4n) is 6.26. The number of ether oxygens (including phenoxy) is 2. The number of benzene rings is 4. The van der Waals surface area contributed by atoms with Crippen molar-refractivity contribution in [1.29, 1.82) is 0 Å². The molecule has 5 N–H and O–H groups in total. The summed E-state index contributed by atoms with van der Waals surface area (Å²) >= 11 is 0. The van der Waals surface area contributed by atoms with Gasteiger partial charge in [-0.3, -0.25) is 9.59 Å². The van der Waals surface area contributed by atoms with Gasteiger partial charge in [-0.05, 0) is 72.0 Å². The second-order valence-corrected chi connectivity index (χ2v) is 13.2. The number of rotatable bonds is 17. The van der Waals surface area contributed by atoms with Crippen molar-refractivity contribution in [2.24, 2.45) is 0 Å². The van der Waals surface area contributed by atoms with Crippen LogP contribution in [-0.2, 0) is 32.2 Å². The highest BCUT2D eigenvalue weighted by atomic mass is 16.7. The van der Waals surface area contributed by atoms with Crippen LogP contribution in [0.5, 0.6) is 0 Å². The van der Waals surface area contributed by atoms with Crippen molar-refractivity contribution in [1.82, 2.24) is 10.2 Å². The number of amides is 2. The van der Waals surface area contributed by atoms with Crippen molar-refractivity contribution < 1.29 is 24.2 Å². The summed E-state index contributed by atoms with van der Waals surface area (Å²) in [6, 6.07) is 31.5. The zero-order valence-electron chi connectivity index (χ0n) is 29.4. The Bertz CT molecular complexity index is 1740. The molecular weight excluding hydrogens is 640 g/mol. The highest BCUT2D eigenvalue weighted by molar-refractivity contribution is 5.93. The molecule has 0 bridgehead atoms. The Hall–Kier alpha value is -4.80. The molecule has 0 radical (unpaired) electrons. The van der Waals surface area contributed by atoms with E-state index in [0.717, 1.165) is 52.9 Å². The second-order valence-electron chi connectivity index (χ2n) is 13.2. The molecule has 1 heterocycles. The summed E-state index contributed by atoms with van der Waals surface area (Å²) in [5.41, 5.74) is 13.0. The number of carbonyl (C=O) groups excluding carboxylic acids is 2. The lowest BCUT2D eigenvalue weighted by atomic mass is 9.98. The van der Waals surface area contributed by atoms with Crippen molar-refractivity contribution in [3.63, 3.8) is 0 Å². The Balaban J connectivity index is 1.14. The Morgan fingerprint density at radius 2 is 1.59 bits per heavy atom. The van der Waals surface area contributed by atoms with Crippen LogP contribution in [0.3, 0.4) is 0 Å². The van der Waals surface area contributed by atoms with Crippen molar-refractivity contribution in [2.45, 2.75) is 70.2 Å². The normalized spacial score (nSPS) is 17.2. The Morgan fingerprint density at radius 1 is 0.863 bits per heavy atom. The molecule has 0 spiro atoms. The molecule has 3 atom stereocenters. The van der Waals surface area contributed by atoms with E-state index >= 15 is 0 Å². The fourth-order valence-corrected chi connectivity index (χ4v) is 6.26. The maximum Gasteiger partial charge on any atom is 0.224 e. The Morgan fingerprint density at radius 3 is 2.33 bits per heavy atom. The predicted molar refractivity (Wildman–Crippen MR) is 202 cm³/mol. The highest BCUT2D eigenvalue weighted by Gasteiger charge is 2.32. The van der Waals surface area contributed by atoms with E-state index in [-0.39, 0.29) is 30.6 Å². The summed E-state index contributed by atoms with van der Waals surface area (Å²) in [4.78, 5) is 27.0. The molecule has 4 aromatic carbocycles. The molecule has 4 aromatic rings. The van der Waals surface area contributed by atoms with E-state index in [2.05, 4.69) is 53.4 Å². The first kappa shape index (κ1) is 37.5. The zero-order chi connectivity index (χ0) is 36.0. The Labute approximate surface area is 301 Å². The summed E-state index contributed by atoms with van der Waals surface area (Å²) in [5, 5.41) is 15.4. The van der Waals surface area contributed by atoms with Crippen LogP contribution in [-0.4, -0.2) is 48.1 Å². The van der Waals surface area contributed by atoms with Gasteiger partial charge in [0.2, 0.25) is 11.8 Å². The van der Waals surface area contributed by atoms with Crippen molar-refractivity contribution >= 4 is 23.2 Å². The molecule has 1 aliphatic rings. The van der Waals surface area contributed by atoms with E-state index in [1.165, 1.54) is 0 Å². The van der Waals surface area contributed by atoms with Crippen LogP contribution in [0, 0.1) is 0 Å². The quantitative estimate of drug-likeness (QED) is 0.0521. The summed E-state index contributed by atoms with van der Waals surface area (Å²) in [7, 11) is 2.06. The van der Waals surface area contributed by atoms with Crippen LogP contribution in [0.15, 0.2) is 110 Å². The van der Waals surface area contributed by atoms with Crippen molar-refractivity contribution in [2.75, 3.05) is 31.2 Å². The lowest BCUT2D eigenvalue weighted by molar-refractivity contribution is -0.252. The number of hydrogen-bond acceptors (Lipinski definition) is 7. The van der Waals surface area contributed by atoms with Gasteiger partial charge in [0.1, 0.15) is 0 Å². The van der Waals surface area contributed by atoms with Gasteiger partial charge in [-0.2, -0.15) is 0 Å². The number of aliphatic hydroxyl groups is 1. The molecule has 1 aliphatic heterocycles. The van der Waals surface area contributed by atoms with Crippen molar-refractivity contribution in [3.05, 3.63) is 132 Å². The third-order valence-corrected chi connectivity index (χ3v) is 9.02. The largest absolute Gasteiger partial charge is 0.397 e. The van der Waals surface area contributed by atoms with E-state index in [4.69, 9.17) is 15.2 Å². The summed E-state index contributed by atoms with van der Waals surface area (Å²) < 4.78 is 13.1. The first-order chi connectivity index (χ1) is 24.8. The van der Waals surface area contributed by atoms with E-state index in [9.17, 15) is 14.7 Å². The lowest BCUT2D eigenvalue weighted by Crippen LogP contribution is -2.37. The van der Waals surface area contributed by atoms with Crippen LogP contribution in [0.2, 0.25) is 0 Å². The zero-order valence-corrected chi connectivity index (χ0v) is 29.4. The van der Waals surface area contributed by atoms with E-state index in [1.54, 1.807) is 12.1 Å². The number of unbranched alkanes of at least 4 members (excludes halogenated alkanes) is 2. The van der Waals surface area contributed by atoms with Gasteiger partial charge in [0.25, 0.3) is 0 Å². The average molecular weight is 691 g/mol. The molecule has 2 amide bonds. The average Bonchev–Trinajstić information content (AvgIpc) is 3.15. The first-order valence-corrected chi connectivity index (χ1v) is 17.7. The van der Waals surface area contributed by atoms with Crippen LogP contribution in [0.25, 0.3) is 11.1 Å². The number of aliphatic hydroxyl groups excluding tert-OH is 1. The number of anilines is 2. The monoisotopic (exact) mass is 690 g/mol. The summed E-state index contributed by atoms with van der Waals surface area (Å²) in [6.45, 7) is 5.81. The number of nitrogens with one attached hydrogen (secondary N) is 2. The molecule has 1 fully saturated rings. The van der Waals surface area contributed by atoms with E-state index in [0.29, 0.717) is 50.0 Å². The number of hydrogen-bond donors (Lipinski definition) is 4. The van der Waals surface area contributed by atoms with Gasteiger partial charge >= 0.3 is 0 Å². The minimum absolute atomic E-state index is 0.00242. The number of carbonyl (C=O) groups is 2. The summed E-state index contributed by atoms with van der Waals surface area (Å²) in [5.74, 6) is -0.0865. The maximum atomic E-state index is 12.6. The smallest absolute Gasteiger partial charge is 0.224 e. The molecule has 5 rings (SSSR count). The third-order valence-electron chi connectivity index (χ3n) is 9.02. The molecule has 51 heavy (non-hydrogen) atoms. The third kappa shape index (κ3) is 11.4. The van der Waals surface area contributed by atoms with Gasteiger partial charge in [-0.25, -0.2) is 0 Å². The van der Waals surface area contributed by atoms with Gasteiger partial charge in [-0.15, -0.1) is 6.58 Å². The van der Waals surface area contributed by atoms with Crippen LogP contribution >= 0.6 is 0 Å². The molecule has 268 valence electrons. The number of nitrogen functional groups attached to an aromatic ring is 1. The number of para-hydroxylation sites is 2. The van der Waals surface area contributed by atoms with Crippen LogP contribution in [0.1, 0.15) is 73.2 Å². The molecule has 9 nitrogen and oxygen atoms in total. The molecule has 3 unspecified atom stereocenters. The number of nitrogens with zero attached hydrogens (tertiary/aromatic N) is 1. The molecule has 0 aromatic heterocycles. The number of nitrogens with two attached hydrogens (primary N) is 1. The topological polar surface area (TPSA) is 126 Å². The summed E-state index contributed by atoms with van der Waals surface area (Å²) in [6.07, 6.45) is 4.84. The van der Waals surface area contributed by atoms with Gasteiger partial charge in [0.05, 0.1) is 30.2 Å². The van der Waals surface area contributed by atoms with Crippen LogP contribution < -0.4 is 16.4 Å². The Kier molecular flexibility index (Phi) is 13.9. The fraction of sp³-hybridized carbons (Fsp3) is 0.333. The van der Waals surface area contributed by atoms with E-state index in [1.807, 2.05) is 66.7 Å². The number of likely N-dealkylation sites (N-methyl/N-ethyl adjacent to an activating group) is 1. The van der Waals surface area contributed by atoms with Crippen molar-refractivity contribution in [3.8, 4) is 11.1 Å². The second kappa shape index (κ2) is 19.0. The SMILES string of the molecule is C=CCN(C)CC1CC(c2ccc(CO)cc2)OC(c2cccc(-c3cccc(CNC(=O)CCCCCC(=O)Nc4ccccc4N)c3)c2)O1. The van der Waals surface area contributed by atoms with Crippen LogP contribution in [0.4, 0.5) is 11.4 Å². The minimum Gasteiger partial charge on any atom is -0.397 e. The minimum atomic E-state index is -0.553. The van der Waals surface area contributed by atoms with Gasteiger partial charge in [-0.1, -0.05) is 85.3 Å². The molecule has 1 saturated heterocycles. The standard InChI is InChI=1S/C42H50N4O5/c1-3-23-46(2)28-36-26-39(32-21-19-30(29-47)20-22-32)51-42(50-36)35-14-10-13-34(25-35)33-12-9-11-31(24-33)27-44-40(48)17-5-4-6-18-41(49)45-38-16-8-7-15-37(38)43/h3,7-16,19-22,24-25,36,39,42,47H,1,4-6,17-18,23,26-29,43H2,2H3,(H,44,48)(H,45,49). The van der Waals surface area contributed by atoms with E-state index < -0.39 is 6.29 Å². The first-order valence-electron chi connectivity index (χ1n) is 17.7. The molecule has 9 heteroatoms.